The summed E-state index contributed by atoms with van der Waals surface area (Å²) in [5.41, 5.74) is 6.66. The fraction of sp³-hybridized carbons (Fsp3) is 0.125. The van der Waals surface area contributed by atoms with Gasteiger partial charge in [-0.05, 0) is 68.4 Å². The van der Waals surface area contributed by atoms with Crippen LogP contribution in [0.15, 0.2) is 71.9 Å². The minimum absolute atomic E-state index is 0.352. The van der Waals surface area contributed by atoms with E-state index in [0.717, 1.165) is 39.2 Å². The van der Waals surface area contributed by atoms with Crippen molar-refractivity contribution in [2.75, 3.05) is 7.11 Å². The van der Waals surface area contributed by atoms with Crippen LogP contribution in [0.25, 0.3) is 16.6 Å². The highest BCUT2D eigenvalue weighted by molar-refractivity contribution is 5.90. The molecule has 2 aromatic carbocycles. The van der Waals surface area contributed by atoms with E-state index in [4.69, 9.17) is 4.74 Å². The maximum absolute atomic E-state index is 11.5. The SMILES string of the molecule is COC(=O)c1ccc(N=Cc2cc(C)n(-c3ccc4ncccc4c3)c2C)cc1. The summed E-state index contributed by atoms with van der Waals surface area (Å²) in [4.78, 5) is 20.5. The molecule has 0 fully saturated rings. The van der Waals surface area contributed by atoms with Crippen LogP contribution in [0.3, 0.4) is 0 Å². The second kappa shape index (κ2) is 7.72. The minimum atomic E-state index is -0.352. The number of carbonyl (C=O) groups excluding carboxylic acids is 1. The quantitative estimate of drug-likeness (QED) is 0.360. The van der Waals surface area contributed by atoms with Crippen molar-refractivity contribution in [1.82, 2.24) is 9.55 Å². The Morgan fingerprint density at radius 3 is 2.62 bits per heavy atom. The number of hydrogen-bond acceptors (Lipinski definition) is 4. The van der Waals surface area contributed by atoms with Gasteiger partial charge in [0.2, 0.25) is 0 Å². The number of fused-ring (bicyclic) bond motifs is 1. The predicted octanol–water partition coefficient (Wildman–Crippen LogP) is 5.18. The zero-order chi connectivity index (χ0) is 20.4. The zero-order valence-electron chi connectivity index (χ0n) is 16.6. The van der Waals surface area contributed by atoms with Crippen molar-refractivity contribution in [2.24, 2.45) is 4.99 Å². The molecule has 0 radical (unpaired) electrons. The Labute approximate surface area is 169 Å². The van der Waals surface area contributed by atoms with Crippen molar-refractivity contribution < 1.29 is 9.53 Å². The molecule has 0 saturated carbocycles. The van der Waals surface area contributed by atoms with Crippen LogP contribution in [0.5, 0.6) is 0 Å². The van der Waals surface area contributed by atoms with Crippen LogP contribution in [0.4, 0.5) is 5.69 Å². The van der Waals surface area contributed by atoms with E-state index < -0.39 is 0 Å². The monoisotopic (exact) mass is 383 g/mol. The van der Waals surface area contributed by atoms with Crippen LogP contribution >= 0.6 is 0 Å². The molecule has 0 saturated heterocycles. The summed E-state index contributed by atoms with van der Waals surface area (Å²) in [5.74, 6) is -0.352. The Hall–Kier alpha value is -3.73. The van der Waals surface area contributed by atoms with Gasteiger partial charge < -0.3 is 9.30 Å². The molecule has 0 bridgehead atoms. The fourth-order valence-electron chi connectivity index (χ4n) is 3.46. The molecule has 0 atom stereocenters. The van der Waals surface area contributed by atoms with E-state index in [-0.39, 0.29) is 5.97 Å². The van der Waals surface area contributed by atoms with Gasteiger partial charge in [0.15, 0.2) is 0 Å². The molecule has 2 aromatic heterocycles. The van der Waals surface area contributed by atoms with Gasteiger partial charge in [0.25, 0.3) is 0 Å². The van der Waals surface area contributed by atoms with Crippen LogP contribution in [0.1, 0.15) is 27.3 Å². The lowest BCUT2D eigenvalue weighted by Gasteiger charge is -2.10. The van der Waals surface area contributed by atoms with Crippen LogP contribution < -0.4 is 0 Å². The predicted molar refractivity (Wildman–Crippen MR) is 116 cm³/mol. The van der Waals surface area contributed by atoms with Crippen molar-refractivity contribution in [1.29, 1.82) is 0 Å². The second-order valence-electron chi connectivity index (χ2n) is 6.84. The molecular formula is C24H21N3O2. The molecule has 0 amide bonds. The maximum Gasteiger partial charge on any atom is 0.337 e. The summed E-state index contributed by atoms with van der Waals surface area (Å²) in [6.45, 7) is 4.17. The number of hydrogen-bond donors (Lipinski definition) is 0. The molecular weight excluding hydrogens is 362 g/mol. The first-order valence-corrected chi connectivity index (χ1v) is 9.33. The highest BCUT2D eigenvalue weighted by Gasteiger charge is 2.10. The summed E-state index contributed by atoms with van der Waals surface area (Å²) in [5, 5.41) is 1.11. The van der Waals surface area contributed by atoms with E-state index in [1.54, 1.807) is 30.5 Å². The lowest BCUT2D eigenvalue weighted by molar-refractivity contribution is 0.0601. The molecule has 29 heavy (non-hydrogen) atoms. The van der Waals surface area contributed by atoms with E-state index in [2.05, 4.69) is 52.7 Å². The second-order valence-corrected chi connectivity index (χ2v) is 6.84. The average molecular weight is 383 g/mol. The normalized spacial score (nSPS) is 11.3. The summed E-state index contributed by atoms with van der Waals surface area (Å²) in [6.07, 6.45) is 3.66. The number of ether oxygens (including phenoxy) is 1. The van der Waals surface area contributed by atoms with Crippen LogP contribution in [-0.4, -0.2) is 28.8 Å². The van der Waals surface area contributed by atoms with Gasteiger partial charge in [-0.2, -0.15) is 0 Å². The number of aryl methyl sites for hydroxylation is 1. The third kappa shape index (κ3) is 3.67. The molecule has 4 aromatic rings. The standard InChI is InChI=1S/C24H21N3O2/c1-16-13-20(15-26-21-8-6-18(7-9-21)24(28)29-3)17(2)27(16)22-10-11-23-19(14-22)5-4-12-25-23/h4-15H,1-3H3. The third-order valence-electron chi connectivity index (χ3n) is 4.96. The largest absolute Gasteiger partial charge is 0.465 e. The van der Waals surface area contributed by atoms with Crippen molar-refractivity contribution in [3.05, 3.63) is 89.4 Å². The molecule has 5 nitrogen and oxygen atoms in total. The highest BCUT2D eigenvalue weighted by atomic mass is 16.5. The Bertz CT molecular complexity index is 1220. The number of aliphatic imine (C=N–C) groups is 1. The summed E-state index contributed by atoms with van der Waals surface area (Å²) in [7, 11) is 1.37. The fourth-order valence-corrected chi connectivity index (χ4v) is 3.46. The molecule has 0 N–H and O–H groups in total. The first kappa shape index (κ1) is 18.6. The van der Waals surface area contributed by atoms with E-state index in [1.807, 2.05) is 18.3 Å². The van der Waals surface area contributed by atoms with E-state index in [0.29, 0.717) is 5.56 Å². The number of aromatic nitrogens is 2. The Balaban J connectivity index is 1.64. The van der Waals surface area contributed by atoms with Crippen molar-refractivity contribution in [3.8, 4) is 5.69 Å². The summed E-state index contributed by atoms with van der Waals surface area (Å²) >= 11 is 0. The first-order chi connectivity index (χ1) is 14.1. The number of benzene rings is 2. The van der Waals surface area contributed by atoms with E-state index in [9.17, 15) is 4.79 Å². The Morgan fingerprint density at radius 1 is 1.07 bits per heavy atom. The van der Waals surface area contributed by atoms with Gasteiger partial charge in [0.1, 0.15) is 0 Å². The number of methoxy groups -OCH3 is 1. The van der Waals surface area contributed by atoms with Crippen LogP contribution in [-0.2, 0) is 4.74 Å². The van der Waals surface area contributed by atoms with Gasteiger partial charge in [0.05, 0.1) is 23.9 Å². The first-order valence-electron chi connectivity index (χ1n) is 9.33. The molecule has 0 unspecified atom stereocenters. The summed E-state index contributed by atoms with van der Waals surface area (Å²) in [6, 6.07) is 19.4. The lowest BCUT2D eigenvalue weighted by Crippen LogP contribution is -2.00. The summed E-state index contributed by atoms with van der Waals surface area (Å²) < 4.78 is 6.94. The van der Waals surface area contributed by atoms with Crippen molar-refractivity contribution in [2.45, 2.75) is 13.8 Å². The highest BCUT2D eigenvalue weighted by Crippen LogP contribution is 2.23. The average Bonchev–Trinajstić information content (AvgIpc) is 3.04. The molecule has 2 heterocycles. The van der Waals surface area contributed by atoms with Crippen LogP contribution in [0, 0.1) is 13.8 Å². The number of nitrogens with zero attached hydrogens (tertiary/aromatic N) is 3. The molecule has 4 rings (SSSR count). The topological polar surface area (TPSA) is 56.5 Å². The van der Waals surface area contributed by atoms with Gasteiger partial charge in [-0.25, -0.2) is 4.79 Å². The number of carbonyl (C=O) groups is 1. The molecule has 0 spiro atoms. The number of pyridine rings is 1. The van der Waals surface area contributed by atoms with Crippen molar-refractivity contribution in [3.63, 3.8) is 0 Å². The zero-order valence-corrected chi connectivity index (χ0v) is 16.6. The van der Waals surface area contributed by atoms with E-state index >= 15 is 0 Å². The number of rotatable bonds is 4. The smallest absolute Gasteiger partial charge is 0.337 e. The molecule has 0 aliphatic carbocycles. The van der Waals surface area contributed by atoms with Gasteiger partial charge >= 0.3 is 5.97 Å². The Morgan fingerprint density at radius 2 is 1.86 bits per heavy atom. The van der Waals surface area contributed by atoms with Crippen LogP contribution in [0.2, 0.25) is 0 Å². The lowest BCUT2D eigenvalue weighted by atomic mass is 10.2. The van der Waals surface area contributed by atoms with Gasteiger partial charge in [-0.1, -0.05) is 6.07 Å². The Kier molecular flexibility index (Phi) is 4.96. The third-order valence-corrected chi connectivity index (χ3v) is 4.96. The molecule has 0 aliphatic rings. The van der Waals surface area contributed by atoms with Gasteiger partial charge in [-0.15, -0.1) is 0 Å². The molecule has 0 aliphatic heterocycles. The van der Waals surface area contributed by atoms with Crippen molar-refractivity contribution >= 4 is 28.8 Å². The van der Waals surface area contributed by atoms with Gasteiger partial charge in [0, 0.05) is 40.4 Å². The molecule has 5 heteroatoms. The van der Waals surface area contributed by atoms with E-state index in [1.165, 1.54) is 7.11 Å². The van der Waals surface area contributed by atoms with Gasteiger partial charge in [-0.3, -0.25) is 9.98 Å². The minimum Gasteiger partial charge on any atom is -0.465 e. The maximum atomic E-state index is 11.5. The molecule has 144 valence electrons. The number of esters is 1.